The molecule has 0 radical (unpaired) electrons. The van der Waals surface area contributed by atoms with E-state index < -0.39 is 0 Å². The number of hydrogen-bond donors (Lipinski definition) is 1. The zero-order chi connectivity index (χ0) is 9.47. The predicted octanol–water partition coefficient (Wildman–Crippen LogP) is 1.33. The van der Waals surface area contributed by atoms with E-state index in [1.807, 2.05) is 0 Å². The van der Waals surface area contributed by atoms with Crippen LogP contribution in [0.3, 0.4) is 0 Å². The lowest BCUT2D eigenvalue weighted by Crippen LogP contribution is -2.31. The van der Waals surface area contributed by atoms with Gasteiger partial charge in [0.05, 0.1) is 0 Å². The minimum atomic E-state index is 0.651. The van der Waals surface area contributed by atoms with Gasteiger partial charge in [0.15, 0.2) is 0 Å². The average molecular weight is 182 g/mol. The van der Waals surface area contributed by atoms with E-state index in [1.165, 1.54) is 32.5 Å². The highest BCUT2D eigenvalue weighted by Crippen LogP contribution is 2.51. The summed E-state index contributed by atoms with van der Waals surface area (Å²) < 4.78 is 0. The fraction of sp³-hybridized carbons (Fsp3) is 1.00. The van der Waals surface area contributed by atoms with Crippen molar-refractivity contribution in [2.75, 3.05) is 26.7 Å². The van der Waals surface area contributed by atoms with Gasteiger partial charge in [0.1, 0.15) is 0 Å². The van der Waals surface area contributed by atoms with Gasteiger partial charge in [-0.05, 0) is 37.8 Å². The van der Waals surface area contributed by atoms with Crippen molar-refractivity contribution in [2.24, 2.45) is 11.3 Å². The van der Waals surface area contributed by atoms with Crippen LogP contribution in [-0.4, -0.2) is 37.6 Å². The van der Waals surface area contributed by atoms with E-state index in [4.69, 9.17) is 0 Å². The minimum absolute atomic E-state index is 0.651. The average Bonchev–Trinajstić information content (AvgIpc) is 2.48. The summed E-state index contributed by atoms with van der Waals surface area (Å²) in [6.07, 6.45) is 2.78. The molecular formula is C11H22N2. The van der Waals surface area contributed by atoms with Gasteiger partial charge < -0.3 is 10.2 Å². The normalized spacial score (nSPS) is 38.1. The maximum Gasteiger partial charge on any atom is 0.0204 e. The van der Waals surface area contributed by atoms with Crippen LogP contribution >= 0.6 is 0 Å². The highest BCUT2D eigenvalue weighted by Gasteiger charge is 2.46. The fourth-order valence-electron chi connectivity index (χ4n) is 2.43. The quantitative estimate of drug-likeness (QED) is 0.708. The number of rotatable bonds is 3. The molecule has 1 aliphatic heterocycles. The number of nitrogens with one attached hydrogen (secondary N) is 1. The maximum atomic E-state index is 3.37. The first-order valence-corrected chi connectivity index (χ1v) is 5.51. The van der Waals surface area contributed by atoms with E-state index in [9.17, 15) is 0 Å². The molecule has 1 N–H and O–H groups in total. The molecule has 0 spiro atoms. The van der Waals surface area contributed by atoms with E-state index in [0.717, 1.165) is 12.0 Å². The molecule has 1 saturated heterocycles. The third-order valence-electron chi connectivity index (χ3n) is 3.88. The second kappa shape index (κ2) is 3.25. The monoisotopic (exact) mass is 182 g/mol. The van der Waals surface area contributed by atoms with Gasteiger partial charge in [-0.3, -0.25) is 0 Å². The molecule has 76 valence electrons. The third-order valence-corrected chi connectivity index (χ3v) is 3.88. The molecule has 0 aromatic carbocycles. The lowest BCUT2D eigenvalue weighted by molar-refractivity contribution is 0.298. The Morgan fingerprint density at radius 1 is 1.46 bits per heavy atom. The smallest absolute Gasteiger partial charge is 0.0204 e. The largest absolute Gasteiger partial charge is 0.316 e. The first kappa shape index (κ1) is 9.47. The topological polar surface area (TPSA) is 15.3 Å². The van der Waals surface area contributed by atoms with Crippen molar-refractivity contribution in [3.63, 3.8) is 0 Å². The van der Waals surface area contributed by atoms with Crippen molar-refractivity contribution in [1.82, 2.24) is 10.2 Å². The number of likely N-dealkylation sites (N-methyl/N-ethyl adjacent to an activating group) is 1. The Bertz CT molecular complexity index is 189. The lowest BCUT2D eigenvalue weighted by atomic mass is 10.1. The summed E-state index contributed by atoms with van der Waals surface area (Å²) in [7, 11) is 2.08. The van der Waals surface area contributed by atoms with Gasteiger partial charge in [0.25, 0.3) is 0 Å². The van der Waals surface area contributed by atoms with E-state index in [0.29, 0.717) is 5.41 Å². The molecule has 1 saturated carbocycles. The summed E-state index contributed by atoms with van der Waals surface area (Å²) in [4.78, 5) is 2.63. The van der Waals surface area contributed by atoms with Crippen LogP contribution in [0.25, 0.3) is 0 Å². The molecular weight excluding hydrogens is 160 g/mol. The van der Waals surface area contributed by atoms with Gasteiger partial charge in [-0.15, -0.1) is 0 Å². The van der Waals surface area contributed by atoms with Gasteiger partial charge in [-0.2, -0.15) is 0 Å². The predicted molar refractivity (Wildman–Crippen MR) is 55.8 cm³/mol. The summed E-state index contributed by atoms with van der Waals surface area (Å²) in [5, 5.41) is 3.37. The molecule has 13 heavy (non-hydrogen) atoms. The van der Waals surface area contributed by atoms with Crippen molar-refractivity contribution in [1.29, 1.82) is 0 Å². The van der Waals surface area contributed by atoms with Crippen LogP contribution in [0.5, 0.6) is 0 Å². The van der Waals surface area contributed by atoms with Crippen LogP contribution in [0.1, 0.15) is 26.7 Å². The molecule has 2 nitrogen and oxygen atoms in total. The Kier molecular flexibility index (Phi) is 2.37. The molecule has 2 fully saturated rings. The number of hydrogen-bond acceptors (Lipinski definition) is 2. The van der Waals surface area contributed by atoms with E-state index in [1.54, 1.807) is 0 Å². The SMILES string of the molecule is CNC1CCN(CC2CC2(C)C)C1. The van der Waals surface area contributed by atoms with E-state index in [2.05, 4.69) is 31.1 Å². The summed E-state index contributed by atoms with van der Waals surface area (Å²) in [6.45, 7) is 8.69. The first-order chi connectivity index (χ1) is 6.12. The van der Waals surface area contributed by atoms with Crippen molar-refractivity contribution >= 4 is 0 Å². The summed E-state index contributed by atoms with van der Waals surface area (Å²) in [6, 6.07) is 0.752. The molecule has 0 amide bonds. The molecule has 0 aromatic heterocycles. The second-order valence-electron chi connectivity index (χ2n) is 5.42. The Morgan fingerprint density at radius 2 is 2.15 bits per heavy atom. The number of nitrogens with zero attached hydrogens (tertiary/aromatic N) is 1. The Balaban J connectivity index is 1.73. The minimum Gasteiger partial charge on any atom is -0.316 e. The molecule has 2 unspecified atom stereocenters. The molecule has 0 aromatic rings. The second-order valence-corrected chi connectivity index (χ2v) is 5.42. The van der Waals surface area contributed by atoms with E-state index in [-0.39, 0.29) is 0 Å². The Morgan fingerprint density at radius 3 is 2.62 bits per heavy atom. The highest BCUT2D eigenvalue weighted by molar-refractivity contribution is 4.97. The zero-order valence-corrected chi connectivity index (χ0v) is 9.14. The fourth-order valence-corrected chi connectivity index (χ4v) is 2.43. The summed E-state index contributed by atoms with van der Waals surface area (Å²) >= 11 is 0. The number of likely N-dealkylation sites (tertiary alicyclic amines) is 1. The Labute approximate surface area is 81.7 Å². The van der Waals surface area contributed by atoms with Crippen molar-refractivity contribution < 1.29 is 0 Å². The van der Waals surface area contributed by atoms with Crippen LogP contribution in [0.15, 0.2) is 0 Å². The van der Waals surface area contributed by atoms with Crippen LogP contribution in [-0.2, 0) is 0 Å². The van der Waals surface area contributed by atoms with Gasteiger partial charge in [-0.25, -0.2) is 0 Å². The lowest BCUT2D eigenvalue weighted by Gasteiger charge is -2.16. The molecule has 1 aliphatic carbocycles. The van der Waals surface area contributed by atoms with Crippen LogP contribution < -0.4 is 5.32 Å². The van der Waals surface area contributed by atoms with Gasteiger partial charge in [0.2, 0.25) is 0 Å². The van der Waals surface area contributed by atoms with Crippen molar-refractivity contribution in [3.05, 3.63) is 0 Å². The molecule has 2 heteroatoms. The molecule has 2 aliphatic rings. The van der Waals surface area contributed by atoms with Crippen LogP contribution in [0.2, 0.25) is 0 Å². The summed E-state index contributed by atoms with van der Waals surface area (Å²) in [5.74, 6) is 0.975. The highest BCUT2D eigenvalue weighted by atomic mass is 15.2. The molecule has 2 rings (SSSR count). The standard InChI is InChI=1S/C11H22N2/c1-11(2)6-9(11)7-13-5-4-10(8-13)12-3/h9-10,12H,4-8H2,1-3H3. The van der Waals surface area contributed by atoms with Gasteiger partial charge in [-0.1, -0.05) is 13.8 Å². The van der Waals surface area contributed by atoms with Gasteiger partial charge in [0, 0.05) is 19.1 Å². The van der Waals surface area contributed by atoms with Crippen LogP contribution in [0.4, 0.5) is 0 Å². The maximum absolute atomic E-state index is 3.37. The third kappa shape index (κ3) is 2.05. The Hall–Kier alpha value is -0.0800. The van der Waals surface area contributed by atoms with E-state index >= 15 is 0 Å². The molecule has 0 bridgehead atoms. The molecule has 2 atom stereocenters. The van der Waals surface area contributed by atoms with Crippen LogP contribution in [0, 0.1) is 11.3 Å². The molecule has 1 heterocycles. The first-order valence-electron chi connectivity index (χ1n) is 5.51. The van der Waals surface area contributed by atoms with Crippen molar-refractivity contribution in [3.8, 4) is 0 Å². The van der Waals surface area contributed by atoms with Gasteiger partial charge >= 0.3 is 0 Å². The van der Waals surface area contributed by atoms with Crippen molar-refractivity contribution in [2.45, 2.75) is 32.7 Å². The zero-order valence-electron chi connectivity index (χ0n) is 9.14. The summed E-state index contributed by atoms with van der Waals surface area (Å²) in [5.41, 5.74) is 0.651.